The van der Waals surface area contributed by atoms with Gasteiger partial charge >= 0.3 is 0 Å². The maximum absolute atomic E-state index is 10.3. The summed E-state index contributed by atoms with van der Waals surface area (Å²) in [5, 5.41) is 14.3. The first-order valence-corrected chi connectivity index (χ1v) is 3.73. The molecule has 0 aliphatic heterocycles. The molecule has 0 aromatic carbocycles. The Labute approximate surface area is 70.8 Å². The van der Waals surface area contributed by atoms with E-state index in [2.05, 4.69) is 5.10 Å². The fourth-order valence-electron chi connectivity index (χ4n) is 1.06. The highest BCUT2D eigenvalue weighted by Crippen LogP contribution is 2.09. The molecule has 0 atom stereocenters. The molecule has 66 valence electrons. The van der Waals surface area contributed by atoms with Crippen molar-refractivity contribution in [2.45, 2.75) is 27.3 Å². The number of hydrogen-bond acceptors (Lipinski definition) is 3. The van der Waals surface area contributed by atoms with Gasteiger partial charge in [-0.2, -0.15) is 5.10 Å². The number of aryl methyl sites for hydroxylation is 1. The van der Waals surface area contributed by atoms with E-state index in [4.69, 9.17) is 0 Å². The van der Waals surface area contributed by atoms with Gasteiger partial charge in [0.1, 0.15) is 0 Å². The van der Waals surface area contributed by atoms with Gasteiger partial charge in [0.25, 0.3) is 0 Å². The predicted octanol–water partition coefficient (Wildman–Crippen LogP) is -0.442. The fraction of sp³-hybridized carbons (Fsp3) is 0.500. The molecular formula is C8H11N2O2-. The lowest BCUT2D eigenvalue weighted by Gasteiger charge is -2.04. The molecule has 0 saturated heterocycles. The molecule has 0 spiro atoms. The molecule has 0 radical (unpaired) electrons. The van der Waals surface area contributed by atoms with Gasteiger partial charge in [0.2, 0.25) is 0 Å². The van der Waals surface area contributed by atoms with Crippen molar-refractivity contribution < 1.29 is 9.90 Å². The van der Waals surface area contributed by atoms with Crippen molar-refractivity contribution in [3.8, 4) is 0 Å². The number of nitrogens with zero attached hydrogens (tertiary/aromatic N) is 2. The monoisotopic (exact) mass is 167 g/mol. The van der Waals surface area contributed by atoms with Crippen LogP contribution in [-0.2, 0) is 11.3 Å². The Morgan fingerprint density at radius 2 is 2.08 bits per heavy atom. The highest BCUT2D eigenvalue weighted by atomic mass is 16.4. The van der Waals surface area contributed by atoms with E-state index in [1.165, 1.54) is 4.68 Å². The van der Waals surface area contributed by atoms with Crippen LogP contribution in [0, 0.1) is 20.8 Å². The van der Waals surface area contributed by atoms with Crippen LogP contribution in [0.2, 0.25) is 0 Å². The molecule has 0 N–H and O–H groups in total. The van der Waals surface area contributed by atoms with Crippen LogP contribution >= 0.6 is 0 Å². The number of carbonyl (C=O) groups excluding carboxylic acids is 1. The molecule has 12 heavy (non-hydrogen) atoms. The van der Waals surface area contributed by atoms with E-state index >= 15 is 0 Å². The van der Waals surface area contributed by atoms with E-state index in [-0.39, 0.29) is 6.54 Å². The number of rotatable bonds is 2. The normalized spacial score (nSPS) is 10.2. The number of carbonyl (C=O) groups is 1. The number of aliphatic carboxylic acids is 1. The topological polar surface area (TPSA) is 58.0 Å². The van der Waals surface area contributed by atoms with Gasteiger partial charge in [0, 0.05) is 5.69 Å². The van der Waals surface area contributed by atoms with E-state index in [0.717, 1.165) is 17.0 Å². The van der Waals surface area contributed by atoms with Crippen LogP contribution in [0.3, 0.4) is 0 Å². The van der Waals surface area contributed by atoms with E-state index in [1.807, 2.05) is 20.8 Å². The summed E-state index contributed by atoms with van der Waals surface area (Å²) in [5.74, 6) is -1.11. The van der Waals surface area contributed by atoms with Crippen LogP contribution in [0.25, 0.3) is 0 Å². The molecule has 0 aliphatic rings. The Balaban J connectivity index is 3.01. The molecule has 4 nitrogen and oxygen atoms in total. The average Bonchev–Trinajstić information content (AvgIpc) is 2.17. The summed E-state index contributed by atoms with van der Waals surface area (Å²) < 4.78 is 1.44. The molecule has 0 unspecified atom stereocenters. The molecule has 0 aliphatic carbocycles. The van der Waals surface area contributed by atoms with Crippen molar-refractivity contribution in [2.75, 3.05) is 0 Å². The van der Waals surface area contributed by atoms with Gasteiger partial charge in [0.15, 0.2) is 0 Å². The maximum Gasteiger partial charge on any atom is 0.0807 e. The number of carboxylic acids is 1. The minimum atomic E-state index is -1.11. The Bertz CT molecular complexity index is 315. The minimum Gasteiger partial charge on any atom is -0.548 e. The summed E-state index contributed by atoms with van der Waals surface area (Å²) in [7, 11) is 0. The summed E-state index contributed by atoms with van der Waals surface area (Å²) >= 11 is 0. The van der Waals surface area contributed by atoms with Crippen LogP contribution in [0.4, 0.5) is 0 Å². The first-order chi connectivity index (χ1) is 5.52. The Kier molecular flexibility index (Phi) is 2.17. The summed E-state index contributed by atoms with van der Waals surface area (Å²) in [4.78, 5) is 10.3. The second-order valence-corrected chi connectivity index (χ2v) is 2.83. The number of hydrogen-bond donors (Lipinski definition) is 0. The van der Waals surface area contributed by atoms with Crippen LogP contribution in [0.1, 0.15) is 17.0 Å². The highest BCUT2D eigenvalue weighted by molar-refractivity contribution is 5.64. The molecule has 1 rings (SSSR count). The molecule has 1 heterocycles. The SMILES string of the molecule is Cc1nn(CC(=O)[O-])c(C)c1C. The van der Waals surface area contributed by atoms with Crippen LogP contribution in [-0.4, -0.2) is 15.7 Å². The second-order valence-electron chi connectivity index (χ2n) is 2.83. The zero-order valence-corrected chi connectivity index (χ0v) is 7.42. The number of carboxylic acid groups (broad SMARTS) is 1. The van der Waals surface area contributed by atoms with Crippen molar-refractivity contribution in [3.63, 3.8) is 0 Å². The molecular weight excluding hydrogens is 156 g/mol. The van der Waals surface area contributed by atoms with Gasteiger partial charge in [0.05, 0.1) is 18.2 Å². The van der Waals surface area contributed by atoms with Crippen molar-refractivity contribution >= 4 is 5.97 Å². The zero-order valence-electron chi connectivity index (χ0n) is 7.42. The smallest absolute Gasteiger partial charge is 0.0807 e. The number of aromatic nitrogens is 2. The van der Waals surface area contributed by atoms with Crippen molar-refractivity contribution in [1.82, 2.24) is 9.78 Å². The Morgan fingerprint density at radius 3 is 2.42 bits per heavy atom. The molecule has 1 aromatic heterocycles. The average molecular weight is 167 g/mol. The van der Waals surface area contributed by atoms with E-state index in [9.17, 15) is 9.90 Å². The first-order valence-electron chi connectivity index (χ1n) is 3.73. The summed E-state index contributed by atoms with van der Waals surface area (Å²) in [6.07, 6.45) is 0. The van der Waals surface area contributed by atoms with Gasteiger partial charge in [-0.25, -0.2) is 0 Å². The minimum absolute atomic E-state index is 0.166. The molecule has 0 bridgehead atoms. The van der Waals surface area contributed by atoms with E-state index < -0.39 is 5.97 Å². The highest BCUT2D eigenvalue weighted by Gasteiger charge is 2.05. The molecule has 0 fully saturated rings. The Morgan fingerprint density at radius 1 is 1.50 bits per heavy atom. The summed E-state index contributed by atoms with van der Waals surface area (Å²) in [6.45, 7) is 5.45. The largest absolute Gasteiger partial charge is 0.548 e. The van der Waals surface area contributed by atoms with Gasteiger partial charge in [-0.1, -0.05) is 0 Å². The van der Waals surface area contributed by atoms with Gasteiger partial charge in [-0.3, -0.25) is 4.68 Å². The van der Waals surface area contributed by atoms with E-state index in [0.29, 0.717) is 0 Å². The van der Waals surface area contributed by atoms with E-state index in [1.54, 1.807) is 0 Å². The van der Waals surface area contributed by atoms with Crippen molar-refractivity contribution in [3.05, 3.63) is 17.0 Å². The fourth-order valence-corrected chi connectivity index (χ4v) is 1.06. The summed E-state index contributed by atoms with van der Waals surface area (Å²) in [5.41, 5.74) is 2.79. The van der Waals surface area contributed by atoms with Gasteiger partial charge < -0.3 is 9.90 Å². The molecule has 1 aromatic rings. The van der Waals surface area contributed by atoms with Gasteiger partial charge in [-0.15, -0.1) is 0 Å². The molecule has 0 saturated carbocycles. The van der Waals surface area contributed by atoms with Crippen LogP contribution in [0.15, 0.2) is 0 Å². The quantitative estimate of drug-likeness (QED) is 0.600. The maximum atomic E-state index is 10.3. The molecule has 4 heteroatoms. The van der Waals surface area contributed by atoms with Crippen LogP contribution in [0.5, 0.6) is 0 Å². The first kappa shape index (κ1) is 8.77. The van der Waals surface area contributed by atoms with Crippen molar-refractivity contribution in [1.29, 1.82) is 0 Å². The third-order valence-electron chi connectivity index (χ3n) is 2.02. The predicted molar refractivity (Wildman–Crippen MR) is 41.4 cm³/mol. The zero-order chi connectivity index (χ0) is 9.30. The lowest BCUT2D eigenvalue weighted by Crippen LogP contribution is -2.28. The Hall–Kier alpha value is -1.32. The second kappa shape index (κ2) is 2.97. The lowest BCUT2D eigenvalue weighted by molar-refractivity contribution is -0.306. The van der Waals surface area contributed by atoms with Crippen LogP contribution < -0.4 is 5.11 Å². The third kappa shape index (κ3) is 1.47. The standard InChI is InChI=1S/C8H12N2O2/c1-5-6(2)9-10(7(5)3)4-8(11)12/h4H2,1-3H3,(H,11,12)/p-1. The lowest BCUT2D eigenvalue weighted by atomic mass is 10.2. The molecule has 0 amide bonds. The summed E-state index contributed by atoms with van der Waals surface area (Å²) in [6, 6.07) is 0. The van der Waals surface area contributed by atoms with Crippen molar-refractivity contribution in [2.24, 2.45) is 0 Å². The third-order valence-corrected chi connectivity index (χ3v) is 2.02. The van der Waals surface area contributed by atoms with Gasteiger partial charge in [-0.05, 0) is 26.3 Å².